The largest absolute Gasteiger partial charge is 0.384 e. The van der Waals surface area contributed by atoms with Gasteiger partial charge in [-0.15, -0.1) is 11.3 Å². The van der Waals surface area contributed by atoms with Crippen LogP contribution in [-0.4, -0.2) is 35.1 Å². The van der Waals surface area contributed by atoms with Crippen molar-refractivity contribution in [3.8, 4) is 11.8 Å². The van der Waals surface area contributed by atoms with E-state index in [0.29, 0.717) is 6.04 Å². The van der Waals surface area contributed by atoms with Crippen molar-refractivity contribution >= 4 is 17.2 Å². The standard InChI is InChI=1S/C16H21NO2S/c1-3-4-9-17(13-7-8-13)16(19)15-11-12(2)14(20-15)6-5-10-18/h11,13,18H,3-4,7-10H2,1-2H3. The maximum atomic E-state index is 12.6. The van der Waals surface area contributed by atoms with Crippen molar-refractivity contribution in [1.82, 2.24) is 4.90 Å². The second kappa shape index (κ2) is 6.92. The summed E-state index contributed by atoms with van der Waals surface area (Å²) in [5.41, 5.74) is 1.02. The minimum Gasteiger partial charge on any atom is -0.384 e. The normalized spacial score (nSPS) is 13.8. The topological polar surface area (TPSA) is 40.5 Å². The lowest BCUT2D eigenvalue weighted by atomic mass is 10.2. The molecule has 1 heterocycles. The highest BCUT2D eigenvalue weighted by atomic mass is 32.1. The summed E-state index contributed by atoms with van der Waals surface area (Å²) in [5, 5.41) is 8.76. The van der Waals surface area contributed by atoms with Crippen LogP contribution in [0, 0.1) is 18.8 Å². The van der Waals surface area contributed by atoms with Gasteiger partial charge in [-0.25, -0.2) is 0 Å². The zero-order valence-corrected chi connectivity index (χ0v) is 12.9. The molecule has 1 aromatic rings. The predicted octanol–water partition coefficient (Wildman–Crippen LogP) is 2.81. The third kappa shape index (κ3) is 3.62. The van der Waals surface area contributed by atoms with Crippen molar-refractivity contribution in [2.75, 3.05) is 13.2 Å². The number of hydrogen-bond donors (Lipinski definition) is 1. The molecule has 0 aliphatic heterocycles. The van der Waals surface area contributed by atoms with Gasteiger partial charge in [0, 0.05) is 12.6 Å². The van der Waals surface area contributed by atoms with Crippen LogP contribution in [0.2, 0.25) is 0 Å². The molecular weight excluding hydrogens is 270 g/mol. The van der Waals surface area contributed by atoms with Crippen molar-refractivity contribution in [2.45, 2.75) is 45.6 Å². The lowest BCUT2D eigenvalue weighted by Crippen LogP contribution is -2.33. The molecule has 3 nitrogen and oxygen atoms in total. The number of rotatable bonds is 5. The number of aryl methyl sites for hydroxylation is 1. The minimum atomic E-state index is -0.148. The summed E-state index contributed by atoms with van der Waals surface area (Å²) in [6, 6.07) is 2.37. The van der Waals surface area contributed by atoms with Crippen LogP contribution >= 0.6 is 11.3 Å². The highest BCUT2D eigenvalue weighted by Gasteiger charge is 2.33. The van der Waals surface area contributed by atoms with Gasteiger partial charge in [0.25, 0.3) is 5.91 Å². The molecular formula is C16H21NO2S. The number of aliphatic hydroxyl groups is 1. The van der Waals surface area contributed by atoms with E-state index in [1.807, 2.05) is 17.9 Å². The maximum absolute atomic E-state index is 12.6. The Hall–Kier alpha value is -1.31. The Morgan fingerprint density at radius 3 is 2.90 bits per heavy atom. The summed E-state index contributed by atoms with van der Waals surface area (Å²) in [5.74, 6) is 5.70. The monoisotopic (exact) mass is 291 g/mol. The molecule has 4 heteroatoms. The van der Waals surface area contributed by atoms with Gasteiger partial charge < -0.3 is 10.0 Å². The summed E-state index contributed by atoms with van der Waals surface area (Å²) >= 11 is 1.44. The fourth-order valence-corrected chi connectivity index (χ4v) is 3.14. The first-order chi connectivity index (χ1) is 9.67. The molecule has 0 unspecified atom stereocenters. The van der Waals surface area contributed by atoms with E-state index >= 15 is 0 Å². The third-order valence-corrected chi connectivity index (χ3v) is 4.55. The molecule has 0 atom stereocenters. The van der Waals surface area contributed by atoms with Crippen LogP contribution in [0.15, 0.2) is 6.07 Å². The van der Waals surface area contributed by atoms with E-state index in [-0.39, 0.29) is 12.5 Å². The molecule has 1 amide bonds. The van der Waals surface area contributed by atoms with E-state index < -0.39 is 0 Å². The highest BCUT2D eigenvalue weighted by Crippen LogP contribution is 2.31. The summed E-state index contributed by atoms with van der Waals surface area (Å²) in [6.07, 6.45) is 4.44. The Balaban J connectivity index is 2.14. The fraction of sp³-hybridized carbons (Fsp3) is 0.562. The summed E-state index contributed by atoms with van der Waals surface area (Å²) in [7, 11) is 0. The molecule has 108 valence electrons. The smallest absolute Gasteiger partial charge is 0.264 e. The Morgan fingerprint density at radius 2 is 2.30 bits per heavy atom. The lowest BCUT2D eigenvalue weighted by molar-refractivity contribution is 0.0745. The first-order valence-corrected chi connectivity index (χ1v) is 8.00. The van der Waals surface area contributed by atoms with E-state index in [2.05, 4.69) is 18.8 Å². The molecule has 2 rings (SSSR count). The van der Waals surface area contributed by atoms with Crippen LogP contribution in [0.1, 0.15) is 52.7 Å². The number of carbonyl (C=O) groups excluding carboxylic acids is 1. The zero-order valence-electron chi connectivity index (χ0n) is 12.1. The van der Waals surface area contributed by atoms with Crippen molar-refractivity contribution < 1.29 is 9.90 Å². The summed E-state index contributed by atoms with van der Waals surface area (Å²) < 4.78 is 0. The first kappa shape index (κ1) is 15.1. The van der Waals surface area contributed by atoms with Crippen LogP contribution in [-0.2, 0) is 0 Å². The van der Waals surface area contributed by atoms with Gasteiger partial charge in [0.15, 0.2) is 0 Å². The van der Waals surface area contributed by atoms with Crippen molar-refractivity contribution in [3.05, 3.63) is 21.4 Å². The van der Waals surface area contributed by atoms with Crippen LogP contribution in [0.4, 0.5) is 0 Å². The minimum absolute atomic E-state index is 0.145. The van der Waals surface area contributed by atoms with Crippen molar-refractivity contribution in [3.63, 3.8) is 0 Å². The number of nitrogens with zero attached hydrogens (tertiary/aromatic N) is 1. The molecule has 1 aromatic heterocycles. The number of aliphatic hydroxyl groups excluding tert-OH is 1. The van der Waals surface area contributed by atoms with Gasteiger partial charge in [0.1, 0.15) is 6.61 Å². The van der Waals surface area contributed by atoms with E-state index in [4.69, 9.17) is 5.11 Å². The van der Waals surface area contributed by atoms with Gasteiger partial charge in [-0.1, -0.05) is 25.2 Å². The zero-order chi connectivity index (χ0) is 14.5. The number of unbranched alkanes of at least 4 members (excludes halogenated alkanes) is 1. The molecule has 0 bridgehead atoms. The number of amides is 1. The second-order valence-corrected chi connectivity index (χ2v) is 6.22. The molecule has 20 heavy (non-hydrogen) atoms. The Morgan fingerprint density at radius 1 is 1.55 bits per heavy atom. The molecule has 0 radical (unpaired) electrons. The number of thiophene rings is 1. The van der Waals surface area contributed by atoms with E-state index in [0.717, 1.165) is 47.5 Å². The maximum Gasteiger partial charge on any atom is 0.264 e. The molecule has 0 spiro atoms. The number of carbonyl (C=O) groups is 1. The van der Waals surface area contributed by atoms with Gasteiger partial charge in [-0.2, -0.15) is 0 Å². The molecule has 1 aliphatic rings. The van der Waals surface area contributed by atoms with Gasteiger partial charge in [-0.05, 0) is 37.8 Å². The van der Waals surface area contributed by atoms with Gasteiger partial charge in [-0.3, -0.25) is 4.79 Å². The average molecular weight is 291 g/mol. The third-order valence-electron chi connectivity index (χ3n) is 3.41. The molecule has 0 aromatic carbocycles. The quantitative estimate of drug-likeness (QED) is 0.848. The molecule has 1 saturated carbocycles. The van der Waals surface area contributed by atoms with E-state index in [1.54, 1.807) is 0 Å². The van der Waals surface area contributed by atoms with Crippen LogP contribution < -0.4 is 0 Å². The first-order valence-electron chi connectivity index (χ1n) is 7.18. The fourth-order valence-electron chi connectivity index (χ4n) is 2.14. The molecule has 0 saturated heterocycles. The van der Waals surface area contributed by atoms with Crippen molar-refractivity contribution in [2.24, 2.45) is 0 Å². The second-order valence-electron chi connectivity index (χ2n) is 5.17. The predicted molar refractivity (Wildman–Crippen MR) is 82.0 cm³/mol. The molecule has 1 aliphatic carbocycles. The Kier molecular flexibility index (Phi) is 5.22. The van der Waals surface area contributed by atoms with E-state index in [1.165, 1.54) is 11.3 Å². The van der Waals surface area contributed by atoms with Crippen LogP contribution in [0.3, 0.4) is 0 Å². The lowest BCUT2D eigenvalue weighted by Gasteiger charge is -2.21. The molecule has 1 N–H and O–H groups in total. The Bertz CT molecular complexity index is 534. The van der Waals surface area contributed by atoms with Gasteiger partial charge in [0.05, 0.1) is 9.75 Å². The summed E-state index contributed by atoms with van der Waals surface area (Å²) in [4.78, 5) is 16.3. The van der Waals surface area contributed by atoms with Gasteiger partial charge >= 0.3 is 0 Å². The Labute approximate surface area is 124 Å². The van der Waals surface area contributed by atoms with E-state index in [9.17, 15) is 4.79 Å². The van der Waals surface area contributed by atoms with Crippen molar-refractivity contribution in [1.29, 1.82) is 0 Å². The highest BCUT2D eigenvalue weighted by molar-refractivity contribution is 7.14. The number of hydrogen-bond acceptors (Lipinski definition) is 3. The average Bonchev–Trinajstić information content (AvgIpc) is 3.20. The van der Waals surface area contributed by atoms with Crippen LogP contribution in [0.25, 0.3) is 0 Å². The SMILES string of the molecule is CCCCN(C(=O)c1cc(C)c(C#CCO)s1)C1CC1. The summed E-state index contributed by atoms with van der Waals surface area (Å²) in [6.45, 7) is 4.82. The molecule has 1 fully saturated rings. The van der Waals surface area contributed by atoms with Gasteiger partial charge in [0.2, 0.25) is 0 Å². The van der Waals surface area contributed by atoms with Crippen LogP contribution in [0.5, 0.6) is 0 Å².